The lowest BCUT2D eigenvalue weighted by Crippen LogP contribution is -2.18. The number of nitrogens with one attached hydrogen (secondary N) is 1. The Morgan fingerprint density at radius 1 is 1.31 bits per heavy atom. The minimum Gasteiger partial charge on any atom is -0.313 e. The van der Waals surface area contributed by atoms with Crippen LogP contribution in [0.4, 0.5) is 8.78 Å². The molecule has 0 bridgehead atoms. The van der Waals surface area contributed by atoms with E-state index >= 15 is 0 Å². The summed E-state index contributed by atoms with van der Waals surface area (Å²) in [5, 5.41) is 2.87. The summed E-state index contributed by atoms with van der Waals surface area (Å²) in [6, 6.07) is 3.68. The van der Waals surface area contributed by atoms with E-state index in [0.29, 0.717) is 6.42 Å². The van der Waals surface area contributed by atoms with Crippen LogP contribution in [0, 0.1) is 11.6 Å². The van der Waals surface area contributed by atoms with Gasteiger partial charge in [-0.1, -0.05) is 13.0 Å². The van der Waals surface area contributed by atoms with Gasteiger partial charge in [-0.25, -0.2) is 8.78 Å². The third kappa shape index (κ3) is 2.04. The maximum Gasteiger partial charge on any atom is 0.130 e. The molecule has 0 spiro atoms. The van der Waals surface area contributed by atoms with Crippen molar-refractivity contribution in [1.29, 1.82) is 0 Å². The van der Waals surface area contributed by atoms with Crippen LogP contribution in [0.3, 0.4) is 0 Å². The molecule has 0 amide bonds. The number of hydrogen-bond donors (Lipinski definition) is 1. The van der Waals surface area contributed by atoms with E-state index in [2.05, 4.69) is 5.32 Å². The molecular weight excluding hydrogens is 172 g/mol. The largest absolute Gasteiger partial charge is 0.313 e. The molecule has 1 rings (SSSR count). The van der Waals surface area contributed by atoms with Crippen LogP contribution in [0.2, 0.25) is 0 Å². The van der Waals surface area contributed by atoms with Crippen molar-refractivity contribution < 1.29 is 8.78 Å². The Balaban J connectivity index is 3.10. The fourth-order valence-corrected chi connectivity index (χ4v) is 1.40. The van der Waals surface area contributed by atoms with Crippen molar-refractivity contribution in [3.05, 3.63) is 35.4 Å². The van der Waals surface area contributed by atoms with Crippen LogP contribution in [-0.4, -0.2) is 7.05 Å². The van der Waals surface area contributed by atoms with Crippen molar-refractivity contribution in [2.24, 2.45) is 0 Å². The van der Waals surface area contributed by atoms with E-state index in [9.17, 15) is 8.78 Å². The number of benzene rings is 1. The fraction of sp³-hybridized carbons (Fsp3) is 0.400. The number of hydrogen-bond acceptors (Lipinski definition) is 1. The van der Waals surface area contributed by atoms with Crippen LogP contribution in [0.1, 0.15) is 24.9 Å². The summed E-state index contributed by atoms with van der Waals surface area (Å²) in [6.45, 7) is 1.88. The lowest BCUT2D eigenvalue weighted by Gasteiger charge is -2.15. The third-order valence-corrected chi connectivity index (χ3v) is 2.10. The second-order valence-corrected chi connectivity index (χ2v) is 2.88. The van der Waals surface area contributed by atoms with Gasteiger partial charge in [-0.15, -0.1) is 0 Å². The molecule has 0 aliphatic heterocycles. The van der Waals surface area contributed by atoms with E-state index in [4.69, 9.17) is 0 Å². The van der Waals surface area contributed by atoms with Crippen LogP contribution < -0.4 is 5.32 Å². The minimum atomic E-state index is -0.485. The molecule has 0 radical (unpaired) electrons. The van der Waals surface area contributed by atoms with Gasteiger partial charge >= 0.3 is 0 Å². The minimum absolute atomic E-state index is 0.132. The van der Waals surface area contributed by atoms with Crippen molar-refractivity contribution >= 4 is 0 Å². The van der Waals surface area contributed by atoms with Crippen molar-refractivity contribution in [3.8, 4) is 0 Å². The first kappa shape index (κ1) is 10.1. The van der Waals surface area contributed by atoms with E-state index in [1.807, 2.05) is 6.92 Å². The number of rotatable bonds is 3. The van der Waals surface area contributed by atoms with Crippen molar-refractivity contribution in [1.82, 2.24) is 5.32 Å². The summed E-state index contributed by atoms with van der Waals surface area (Å²) in [7, 11) is 1.69. The molecule has 0 saturated heterocycles. The standard InChI is InChI=1S/C10H13F2N/c1-3-9(13-2)10-7(11)5-4-6-8(10)12/h4-6,9,13H,3H2,1-2H3. The van der Waals surface area contributed by atoms with Crippen molar-refractivity contribution in [2.45, 2.75) is 19.4 Å². The summed E-state index contributed by atoms with van der Waals surface area (Å²) in [6.07, 6.45) is 0.661. The van der Waals surface area contributed by atoms with E-state index in [1.54, 1.807) is 7.05 Å². The monoisotopic (exact) mass is 185 g/mol. The van der Waals surface area contributed by atoms with E-state index < -0.39 is 11.6 Å². The van der Waals surface area contributed by atoms with Crippen molar-refractivity contribution in [2.75, 3.05) is 7.05 Å². The molecule has 0 aliphatic carbocycles. The highest BCUT2D eigenvalue weighted by atomic mass is 19.1. The molecule has 0 aliphatic rings. The fourth-order valence-electron chi connectivity index (χ4n) is 1.40. The first-order chi connectivity index (χ1) is 6.20. The van der Waals surface area contributed by atoms with Gasteiger partial charge in [-0.05, 0) is 25.6 Å². The zero-order valence-corrected chi connectivity index (χ0v) is 7.77. The van der Waals surface area contributed by atoms with Gasteiger partial charge in [0.2, 0.25) is 0 Å². The van der Waals surface area contributed by atoms with E-state index in [0.717, 1.165) is 0 Å². The molecule has 1 N–H and O–H groups in total. The molecule has 0 aromatic heterocycles. The predicted octanol–water partition coefficient (Wildman–Crippen LogP) is 2.64. The Labute approximate surface area is 76.8 Å². The van der Waals surface area contributed by atoms with Crippen LogP contribution in [-0.2, 0) is 0 Å². The van der Waals surface area contributed by atoms with E-state index in [1.165, 1.54) is 18.2 Å². The zero-order chi connectivity index (χ0) is 9.84. The maximum absolute atomic E-state index is 13.2. The topological polar surface area (TPSA) is 12.0 Å². The SMILES string of the molecule is CCC(NC)c1c(F)cccc1F. The molecule has 13 heavy (non-hydrogen) atoms. The van der Waals surface area contributed by atoms with Gasteiger partial charge in [0, 0.05) is 11.6 Å². The summed E-state index contributed by atoms with van der Waals surface area (Å²) in [4.78, 5) is 0. The Kier molecular flexibility index (Phi) is 3.37. The van der Waals surface area contributed by atoms with Crippen LogP contribution >= 0.6 is 0 Å². The molecule has 3 heteroatoms. The van der Waals surface area contributed by atoms with Crippen molar-refractivity contribution in [3.63, 3.8) is 0 Å². The van der Waals surface area contributed by atoms with Gasteiger partial charge in [0.05, 0.1) is 0 Å². The van der Waals surface area contributed by atoms with E-state index in [-0.39, 0.29) is 11.6 Å². The molecular formula is C10H13F2N. The van der Waals surface area contributed by atoms with Gasteiger partial charge in [-0.3, -0.25) is 0 Å². The highest BCUT2D eigenvalue weighted by Crippen LogP contribution is 2.22. The molecule has 0 fully saturated rings. The average molecular weight is 185 g/mol. The Hall–Kier alpha value is -0.960. The first-order valence-electron chi connectivity index (χ1n) is 4.31. The third-order valence-electron chi connectivity index (χ3n) is 2.10. The lowest BCUT2D eigenvalue weighted by atomic mass is 10.0. The smallest absolute Gasteiger partial charge is 0.130 e. The van der Waals surface area contributed by atoms with Gasteiger partial charge < -0.3 is 5.32 Å². The predicted molar refractivity (Wildman–Crippen MR) is 48.4 cm³/mol. The molecule has 1 aromatic carbocycles. The summed E-state index contributed by atoms with van der Waals surface area (Å²) in [5.74, 6) is -0.970. The zero-order valence-electron chi connectivity index (χ0n) is 7.77. The summed E-state index contributed by atoms with van der Waals surface area (Å²) in [5.41, 5.74) is 0.132. The molecule has 1 atom stereocenters. The second kappa shape index (κ2) is 4.33. The van der Waals surface area contributed by atoms with Gasteiger partial charge in [0.1, 0.15) is 11.6 Å². The average Bonchev–Trinajstić information content (AvgIpc) is 2.11. The summed E-state index contributed by atoms with van der Waals surface area (Å²) < 4.78 is 26.4. The first-order valence-corrected chi connectivity index (χ1v) is 4.31. The van der Waals surface area contributed by atoms with Crippen LogP contribution in [0.15, 0.2) is 18.2 Å². The molecule has 1 nitrogen and oxygen atoms in total. The lowest BCUT2D eigenvalue weighted by molar-refractivity contribution is 0.483. The Morgan fingerprint density at radius 2 is 1.85 bits per heavy atom. The van der Waals surface area contributed by atoms with Crippen LogP contribution in [0.25, 0.3) is 0 Å². The summed E-state index contributed by atoms with van der Waals surface area (Å²) >= 11 is 0. The highest BCUT2D eigenvalue weighted by Gasteiger charge is 2.16. The molecule has 1 unspecified atom stereocenters. The molecule has 1 aromatic rings. The van der Waals surface area contributed by atoms with Gasteiger partial charge in [0.15, 0.2) is 0 Å². The van der Waals surface area contributed by atoms with Crippen LogP contribution in [0.5, 0.6) is 0 Å². The highest BCUT2D eigenvalue weighted by molar-refractivity contribution is 5.23. The normalized spacial score (nSPS) is 12.9. The van der Waals surface area contributed by atoms with Gasteiger partial charge in [-0.2, -0.15) is 0 Å². The van der Waals surface area contributed by atoms with Gasteiger partial charge in [0.25, 0.3) is 0 Å². The Bertz CT molecular complexity index is 262. The molecule has 0 heterocycles. The quantitative estimate of drug-likeness (QED) is 0.763. The molecule has 72 valence electrons. The Morgan fingerprint density at radius 3 is 2.23 bits per heavy atom. The maximum atomic E-state index is 13.2. The molecule has 0 saturated carbocycles. The number of halogens is 2. The second-order valence-electron chi connectivity index (χ2n) is 2.88.